The fraction of sp³-hybridized carbons (Fsp3) is 0.417. The summed E-state index contributed by atoms with van der Waals surface area (Å²) in [5.74, 6) is 0.0191. The van der Waals surface area contributed by atoms with E-state index in [1.807, 2.05) is 18.2 Å². The Hall–Kier alpha value is -1.07. The normalized spacial score (nSPS) is 10.6. The Morgan fingerprint density at radius 1 is 1.53 bits per heavy atom. The van der Waals surface area contributed by atoms with Gasteiger partial charge in [-0.15, -0.1) is 0 Å². The molecule has 0 aromatic heterocycles. The van der Waals surface area contributed by atoms with E-state index in [1.165, 1.54) is 0 Å². The van der Waals surface area contributed by atoms with Gasteiger partial charge in [0.2, 0.25) is 0 Å². The lowest BCUT2D eigenvalue weighted by atomic mass is 10.1. The summed E-state index contributed by atoms with van der Waals surface area (Å²) in [7, 11) is 3.42. The van der Waals surface area contributed by atoms with Crippen LogP contribution >= 0.6 is 15.9 Å². The maximum Gasteiger partial charge on any atom is 0.317 e. The van der Waals surface area contributed by atoms with E-state index in [0.717, 1.165) is 22.2 Å². The summed E-state index contributed by atoms with van der Waals surface area (Å²) in [6, 6.07) is 5.81. The molecule has 0 atom stereocenters. The van der Waals surface area contributed by atoms with Crippen LogP contribution in [0.15, 0.2) is 22.7 Å². The maximum atomic E-state index is 10.5. The lowest BCUT2D eigenvalue weighted by Crippen LogP contribution is -2.27. The minimum Gasteiger partial charge on any atom is -0.496 e. The summed E-state index contributed by atoms with van der Waals surface area (Å²) >= 11 is 3.41. The van der Waals surface area contributed by atoms with Crippen molar-refractivity contribution in [3.63, 3.8) is 0 Å². The number of carboxylic acids is 1. The molecule has 0 aliphatic rings. The van der Waals surface area contributed by atoms with Gasteiger partial charge in [-0.05, 0) is 37.2 Å². The molecule has 0 unspecified atom stereocenters. The lowest BCUT2D eigenvalue weighted by molar-refractivity contribution is -0.137. The second-order valence-electron chi connectivity index (χ2n) is 3.84. The zero-order valence-electron chi connectivity index (χ0n) is 9.94. The van der Waals surface area contributed by atoms with Gasteiger partial charge in [-0.3, -0.25) is 9.69 Å². The predicted molar refractivity (Wildman–Crippen MR) is 69.5 cm³/mol. The van der Waals surface area contributed by atoms with Crippen LogP contribution in [0.5, 0.6) is 5.75 Å². The van der Waals surface area contributed by atoms with Crippen LogP contribution in [0.4, 0.5) is 0 Å². The highest BCUT2D eigenvalue weighted by molar-refractivity contribution is 9.10. The number of likely N-dealkylation sites (N-methyl/N-ethyl adjacent to an activating group) is 1. The quantitative estimate of drug-likeness (QED) is 0.873. The van der Waals surface area contributed by atoms with Gasteiger partial charge in [-0.1, -0.05) is 15.9 Å². The average molecular weight is 302 g/mol. The van der Waals surface area contributed by atoms with Gasteiger partial charge in [0, 0.05) is 11.0 Å². The summed E-state index contributed by atoms with van der Waals surface area (Å²) in [6.07, 6.45) is 0.756. The van der Waals surface area contributed by atoms with Crippen molar-refractivity contribution < 1.29 is 14.6 Å². The Bertz CT molecular complexity index is 395. The third-order valence-electron chi connectivity index (χ3n) is 2.41. The highest BCUT2D eigenvalue weighted by Crippen LogP contribution is 2.23. The van der Waals surface area contributed by atoms with E-state index in [0.29, 0.717) is 6.54 Å². The third-order valence-corrected chi connectivity index (χ3v) is 2.90. The van der Waals surface area contributed by atoms with Gasteiger partial charge in [0.05, 0.1) is 13.7 Å². The number of hydrogen-bond donors (Lipinski definition) is 1. The van der Waals surface area contributed by atoms with E-state index in [2.05, 4.69) is 15.9 Å². The Labute approximate surface area is 109 Å². The molecule has 0 amide bonds. The topological polar surface area (TPSA) is 49.8 Å². The predicted octanol–water partition coefficient (Wildman–Crippen LogP) is 2.02. The van der Waals surface area contributed by atoms with Gasteiger partial charge in [-0.2, -0.15) is 0 Å². The number of carbonyl (C=O) groups is 1. The van der Waals surface area contributed by atoms with E-state index in [9.17, 15) is 4.79 Å². The number of nitrogens with zero attached hydrogens (tertiary/aromatic N) is 1. The molecule has 5 heteroatoms. The number of hydrogen-bond acceptors (Lipinski definition) is 3. The second kappa shape index (κ2) is 6.61. The minimum atomic E-state index is -0.811. The molecule has 0 spiro atoms. The number of rotatable bonds is 6. The number of aliphatic carboxylic acids is 1. The smallest absolute Gasteiger partial charge is 0.317 e. The van der Waals surface area contributed by atoms with Gasteiger partial charge in [0.25, 0.3) is 0 Å². The zero-order valence-corrected chi connectivity index (χ0v) is 11.5. The number of methoxy groups -OCH3 is 1. The van der Waals surface area contributed by atoms with Crippen LogP contribution in [-0.4, -0.2) is 43.2 Å². The Balaban J connectivity index is 2.61. The fourth-order valence-corrected chi connectivity index (χ4v) is 1.97. The molecular formula is C12H16BrNO3. The molecule has 0 heterocycles. The molecule has 1 N–H and O–H groups in total. The summed E-state index contributed by atoms with van der Waals surface area (Å²) in [5, 5.41) is 8.65. The molecule has 0 saturated heterocycles. The molecule has 0 radical (unpaired) electrons. The van der Waals surface area contributed by atoms with Gasteiger partial charge in [0.15, 0.2) is 0 Å². The molecule has 0 aliphatic carbocycles. The van der Waals surface area contributed by atoms with E-state index in [-0.39, 0.29) is 6.54 Å². The largest absolute Gasteiger partial charge is 0.496 e. The van der Waals surface area contributed by atoms with Gasteiger partial charge in [0.1, 0.15) is 5.75 Å². The zero-order chi connectivity index (χ0) is 12.8. The number of halogens is 1. The highest BCUT2D eigenvalue weighted by atomic mass is 79.9. The van der Waals surface area contributed by atoms with Crippen LogP contribution in [0.1, 0.15) is 5.56 Å². The van der Waals surface area contributed by atoms with Gasteiger partial charge < -0.3 is 9.84 Å². The summed E-state index contributed by atoms with van der Waals surface area (Å²) in [4.78, 5) is 12.3. The maximum absolute atomic E-state index is 10.5. The second-order valence-corrected chi connectivity index (χ2v) is 4.75. The Morgan fingerprint density at radius 2 is 2.24 bits per heavy atom. The van der Waals surface area contributed by atoms with Crippen molar-refractivity contribution in [2.24, 2.45) is 0 Å². The summed E-state index contributed by atoms with van der Waals surface area (Å²) in [5.41, 5.74) is 1.07. The molecule has 1 aromatic carbocycles. The number of benzene rings is 1. The lowest BCUT2D eigenvalue weighted by Gasteiger charge is -2.15. The van der Waals surface area contributed by atoms with E-state index >= 15 is 0 Å². The first-order valence-corrected chi connectivity index (χ1v) is 6.05. The summed E-state index contributed by atoms with van der Waals surface area (Å²) < 4.78 is 6.25. The molecule has 17 heavy (non-hydrogen) atoms. The van der Waals surface area contributed by atoms with Crippen LogP contribution in [-0.2, 0) is 11.2 Å². The van der Waals surface area contributed by atoms with Crippen LogP contribution in [0.25, 0.3) is 0 Å². The summed E-state index contributed by atoms with van der Waals surface area (Å²) in [6.45, 7) is 0.732. The van der Waals surface area contributed by atoms with Crippen LogP contribution in [0, 0.1) is 0 Å². The Kier molecular flexibility index (Phi) is 5.44. The first-order valence-electron chi connectivity index (χ1n) is 5.25. The van der Waals surface area contributed by atoms with Crippen molar-refractivity contribution in [2.75, 3.05) is 27.2 Å². The van der Waals surface area contributed by atoms with E-state index < -0.39 is 5.97 Å². The Morgan fingerprint density at radius 3 is 2.82 bits per heavy atom. The van der Waals surface area contributed by atoms with Crippen LogP contribution in [0.3, 0.4) is 0 Å². The molecule has 0 bridgehead atoms. The van der Waals surface area contributed by atoms with Crippen molar-refractivity contribution in [1.82, 2.24) is 4.90 Å². The first kappa shape index (κ1) is 14.0. The van der Waals surface area contributed by atoms with Crippen molar-refractivity contribution in [3.8, 4) is 5.75 Å². The van der Waals surface area contributed by atoms with Gasteiger partial charge in [-0.25, -0.2) is 0 Å². The van der Waals surface area contributed by atoms with Crippen molar-refractivity contribution >= 4 is 21.9 Å². The minimum absolute atomic E-state index is 0.0519. The SMILES string of the molecule is COc1ccc(Br)cc1CCN(C)CC(=O)O. The number of carboxylic acid groups (broad SMARTS) is 1. The average Bonchev–Trinajstić information content (AvgIpc) is 2.25. The van der Waals surface area contributed by atoms with Crippen molar-refractivity contribution in [2.45, 2.75) is 6.42 Å². The number of ether oxygens (including phenoxy) is 1. The fourth-order valence-electron chi connectivity index (χ4n) is 1.56. The molecule has 0 saturated carbocycles. The van der Waals surface area contributed by atoms with Gasteiger partial charge >= 0.3 is 5.97 Å². The molecule has 1 rings (SSSR count). The molecule has 1 aromatic rings. The third kappa shape index (κ3) is 4.75. The van der Waals surface area contributed by atoms with Crippen LogP contribution < -0.4 is 4.74 Å². The molecule has 94 valence electrons. The molecule has 0 fully saturated rings. The van der Waals surface area contributed by atoms with Crippen molar-refractivity contribution in [3.05, 3.63) is 28.2 Å². The van der Waals surface area contributed by atoms with Crippen LogP contribution in [0.2, 0.25) is 0 Å². The van der Waals surface area contributed by atoms with Crippen molar-refractivity contribution in [1.29, 1.82) is 0 Å². The standard InChI is InChI=1S/C12H16BrNO3/c1-14(8-12(15)16)6-5-9-7-10(13)3-4-11(9)17-2/h3-4,7H,5-6,8H2,1-2H3,(H,15,16). The molecular weight excluding hydrogens is 286 g/mol. The molecule has 0 aliphatic heterocycles. The monoisotopic (exact) mass is 301 g/mol. The first-order chi connectivity index (χ1) is 8.02. The van der Waals surface area contributed by atoms with E-state index in [1.54, 1.807) is 19.1 Å². The van der Waals surface area contributed by atoms with E-state index in [4.69, 9.17) is 9.84 Å². The highest BCUT2D eigenvalue weighted by Gasteiger charge is 2.07. The molecule has 4 nitrogen and oxygen atoms in total.